The molecular formula is C12H6FNOS2. The highest BCUT2D eigenvalue weighted by atomic mass is 32.1. The molecule has 0 aromatic heterocycles. The fraction of sp³-hybridized carbons (Fsp3) is 0. The molecule has 1 aromatic carbocycles. The maximum atomic E-state index is 12.9. The van der Waals surface area contributed by atoms with Crippen molar-refractivity contribution in [2.24, 2.45) is 0 Å². The van der Waals surface area contributed by atoms with Gasteiger partial charge in [0.05, 0.1) is 4.88 Å². The van der Waals surface area contributed by atoms with Gasteiger partial charge >= 0.3 is 4.87 Å². The van der Waals surface area contributed by atoms with Gasteiger partial charge < -0.3 is 0 Å². The Hall–Kier alpha value is -1.59. The van der Waals surface area contributed by atoms with Crippen molar-refractivity contribution in [2.45, 2.75) is 0 Å². The van der Waals surface area contributed by atoms with Crippen molar-refractivity contribution in [2.75, 3.05) is 0 Å². The van der Waals surface area contributed by atoms with E-state index in [4.69, 9.17) is 0 Å². The summed E-state index contributed by atoms with van der Waals surface area (Å²) in [5.74, 6) is -0.266. The molecule has 2 aliphatic rings. The summed E-state index contributed by atoms with van der Waals surface area (Å²) in [5.41, 5.74) is 1.83. The third-order valence-electron chi connectivity index (χ3n) is 2.39. The fourth-order valence-corrected chi connectivity index (χ4v) is 3.39. The van der Waals surface area contributed by atoms with Crippen LogP contribution in [0.5, 0.6) is 0 Å². The van der Waals surface area contributed by atoms with E-state index in [0.717, 1.165) is 32.3 Å². The Balaban J connectivity index is 2.24. The van der Waals surface area contributed by atoms with Crippen LogP contribution in [0.1, 0.15) is 0 Å². The molecule has 5 heteroatoms. The summed E-state index contributed by atoms with van der Waals surface area (Å²) in [4.78, 5) is 15.9. The number of hydrogen-bond acceptors (Lipinski definition) is 4. The van der Waals surface area contributed by atoms with Gasteiger partial charge in [0.1, 0.15) is 10.8 Å². The van der Waals surface area contributed by atoms with Gasteiger partial charge in [0, 0.05) is 5.56 Å². The van der Waals surface area contributed by atoms with Crippen LogP contribution in [0.15, 0.2) is 40.5 Å². The maximum absolute atomic E-state index is 12.9. The summed E-state index contributed by atoms with van der Waals surface area (Å²) in [6.45, 7) is 0. The van der Waals surface area contributed by atoms with Gasteiger partial charge in [-0.25, -0.2) is 4.39 Å². The van der Waals surface area contributed by atoms with Crippen molar-refractivity contribution in [1.82, 2.24) is 4.98 Å². The number of hydrogen-bond donors (Lipinski definition) is 0. The normalized spacial score (nSPS) is 10.9. The monoisotopic (exact) mass is 263 g/mol. The minimum Gasteiger partial charge on any atom is -0.255 e. The van der Waals surface area contributed by atoms with E-state index >= 15 is 0 Å². The van der Waals surface area contributed by atoms with E-state index in [9.17, 15) is 9.18 Å². The first-order chi connectivity index (χ1) is 8.24. The predicted octanol–water partition coefficient (Wildman–Crippen LogP) is 3.48. The van der Waals surface area contributed by atoms with Crippen LogP contribution in [0.2, 0.25) is 0 Å². The maximum Gasteiger partial charge on any atom is 0.328 e. The Labute approximate surface area is 104 Å². The molecule has 0 radical (unpaired) electrons. The third kappa shape index (κ3) is 1.87. The zero-order chi connectivity index (χ0) is 11.8. The van der Waals surface area contributed by atoms with Crippen LogP contribution >= 0.6 is 22.7 Å². The molecule has 0 spiro atoms. The molecule has 0 saturated heterocycles. The average molecular weight is 263 g/mol. The van der Waals surface area contributed by atoms with E-state index in [0.29, 0.717) is 0 Å². The molecule has 0 N–H and O–H groups in total. The van der Waals surface area contributed by atoms with Crippen LogP contribution in [-0.2, 0) is 0 Å². The zero-order valence-electron chi connectivity index (χ0n) is 8.51. The van der Waals surface area contributed by atoms with E-state index in [2.05, 4.69) is 4.98 Å². The summed E-state index contributed by atoms with van der Waals surface area (Å²) in [6, 6.07) is 8.17. The smallest absolute Gasteiger partial charge is 0.255 e. The van der Waals surface area contributed by atoms with Crippen LogP contribution in [-0.4, -0.2) is 4.98 Å². The highest BCUT2D eigenvalue weighted by molar-refractivity contribution is 7.20. The molecule has 0 amide bonds. The van der Waals surface area contributed by atoms with Crippen molar-refractivity contribution in [3.05, 3.63) is 51.2 Å². The van der Waals surface area contributed by atoms with E-state index in [1.165, 1.54) is 23.5 Å². The predicted molar refractivity (Wildman–Crippen MR) is 68.3 cm³/mol. The van der Waals surface area contributed by atoms with E-state index in [1.807, 2.05) is 11.4 Å². The number of thiazole rings is 1. The van der Waals surface area contributed by atoms with Gasteiger partial charge in [0.25, 0.3) is 0 Å². The number of rotatable bonds is 1. The van der Waals surface area contributed by atoms with Crippen molar-refractivity contribution in [1.29, 1.82) is 0 Å². The molecular weight excluding hydrogens is 257 g/mol. The largest absolute Gasteiger partial charge is 0.328 e. The SMILES string of the molecule is O=c1nc2sccc(-c3ccc(F)cc3)c-2s1. The lowest BCUT2D eigenvalue weighted by Crippen LogP contribution is -1.89. The van der Waals surface area contributed by atoms with Gasteiger partial charge in [-0.15, -0.1) is 11.3 Å². The zero-order valence-corrected chi connectivity index (χ0v) is 10.1. The van der Waals surface area contributed by atoms with Crippen LogP contribution in [0.4, 0.5) is 4.39 Å². The Morgan fingerprint density at radius 2 is 1.88 bits per heavy atom. The average Bonchev–Trinajstić information content (AvgIpc) is 2.70. The van der Waals surface area contributed by atoms with Crippen molar-refractivity contribution in [3.63, 3.8) is 0 Å². The lowest BCUT2D eigenvalue weighted by atomic mass is 10.1. The summed E-state index contributed by atoms with van der Waals surface area (Å²) in [6.07, 6.45) is 0. The quantitative estimate of drug-likeness (QED) is 0.673. The second-order valence-corrected chi connectivity index (χ2v) is 5.31. The first-order valence-corrected chi connectivity index (χ1v) is 6.58. The molecule has 0 unspecified atom stereocenters. The highest BCUT2D eigenvalue weighted by Gasteiger charge is 2.14. The number of aromatic nitrogens is 1. The Morgan fingerprint density at radius 3 is 2.65 bits per heavy atom. The number of nitrogens with zero attached hydrogens (tertiary/aromatic N) is 1. The van der Waals surface area contributed by atoms with Crippen LogP contribution in [0, 0.1) is 5.82 Å². The number of halogens is 1. The Bertz CT molecular complexity index is 686. The molecule has 0 aliphatic carbocycles. The van der Waals surface area contributed by atoms with E-state index < -0.39 is 0 Å². The molecule has 1 aromatic rings. The minimum absolute atomic E-state index is 0.189. The molecule has 3 rings (SSSR count). The number of benzene rings is 1. The van der Waals surface area contributed by atoms with Crippen molar-refractivity contribution in [3.8, 4) is 21.0 Å². The topological polar surface area (TPSA) is 30.0 Å². The molecule has 17 heavy (non-hydrogen) atoms. The summed E-state index contributed by atoms with van der Waals surface area (Å²) >= 11 is 2.56. The van der Waals surface area contributed by atoms with Crippen LogP contribution < -0.4 is 4.87 Å². The molecule has 0 fully saturated rings. The molecule has 2 aliphatic heterocycles. The van der Waals surface area contributed by atoms with Gasteiger partial charge in [0.15, 0.2) is 0 Å². The summed E-state index contributed by atoms with van der Waals surface area (Å²) < 4.78 is 12.9. The van der Waals surface area contributed by atoms with Gasteiger partial charge in [0.2, 0.25) is 0 Å². The van der Waals surface area contributed by atoms with Gasteiger partial charge in [-0.1, -0.05) is 23.5 Å². The van der Waals surface area contributed by atoms with Gasteiger partial charge in [-0.3, -0.25) is 4.79 Å². The molecule has 0 saturated carbocycles. The molecule has 0 bridgehead atoms. The fourth-order valence-electron chi connectivity index (χ4n) is 1.64. The third-order valence-corrected chi connectivity index (χ3v) is 4.19. The number of fused-ring (bicyclic) bond motifs is 1. The molecule has 0 atom stereocenters. The highest BCUT2D eigenvalue weighted by Crippen LogP contribution is 2.36. The molecule has 84 valence electrons. The second kappa shape index (κ2) is 4.01. The Morgan fingerprint density at radius 1 is 1.12 bits per heavy atom. The standard InChI is InChI=1S/C12H6FNOS2/c13-8-3-1-7(2-4-8)9-5-6-16-11-10(9)17-12(15)14-11/h1-6H. The molecule has 2 heterocycles. The second-order valence-electron chi connectivity index (χ2n) is 3.46. The van der Waals surface area contributed by atoms with Crippen molar-refractivity contribution >= 4 is 22.7 Å². The first kappa shape index (κ1) is 10.6. The van der Waals surface area contributed by atoms with Crippen LogP contribution in [0.25, 0.3) is 21.0 Å². The summed E-state index contributed by atoms with van der Waals surface area (Å²) in [5, 5.41) is 2.63. The van der Waals surface area contributed by atoms with E-state index in [1.54, 1.807) is 12.1 Å². The minimum atomic E-state index is -0.266. The summed E-state index contributed by atoms with van der Waals surface area (Å²) in [7, 11) is 0. The van der Waals surface area contributed by atoms with E-state index in [-0.39, 0.29) is 10.7 Å². The van der Waals surface area contributed by atoms with Crippen LogP contribution in [0.3, 0.4) is 0 Å². The lowest BCUT2D eigenvalue weighted by molar-refractivity contribution is 0.628. The first-order valence-electron chi connectivity index (χ1n) is 4.88. The lowest BCUT2D eigenvalue weighted by Gasteiger charge is -2.04. The van der Waals surface area contributed by atoms with Crippen molar-refractivity contribution < 1.29 is 4.39 Å². The Kier molecular flexibility index (Phi) is 2.49. The molecule has 2 nitrogen and oxygen atoms in total. The van der Waals surface area contributed by atoms with Gasteiger partial charge in [-0.05, 0) is 29.1 Å². The van der Waals surface area contributed by atoms with Gasteiger partial charge in [-0.2, -0.15) is 4.98 Å².